The van der Waals surface area contributed by atoms with Gasteiger partial charge >= 0.3 is 7.60 Å². The van der Waals surface area contributed by atoms with Gasteiger partial charge in [-0.25, -0.2) is 13.8 Å². The molecule has 0 fully saturated rings. The Hall–Kier alpha value is -1.38. The third kappa shape index (κ3) is 3.91. The van der Waals surface area contributed by atoms with Gasteiger partial charge in [-0.05, 0) is 30.2 Å². The van der Waals surface area contributed by atoms with Gasteiger partial charge in [-0.3, -0.25) is 4.57 Å². The van der Waals surface area contributed by atoms with E-state index in [1.165, 1.54) is 11.3 Å². The minimum atomic E-state index is -4.07. The van der Waals surface area contributed by atoms with Crippen molar-refractivity contribution in [1.29, 1.82) is 0 Å². The van der Waals surface area contributed by atoms with E-state index >= 15 is 0 Å². The molecule has 0 aliphatic heterocycles. The molecule has 134 valence electrons. The fourth-order valence-corrected chi connectivity index (χ4v) is 4.39. The van der Waals surface area contributed by atoms with E-state index in [0.29, 0.717) is 32.7 Å². The van der Waals surface area contributed by atoms with E-state index in [9.17, 15) is 13.3 Å². The van der Waals surface area contributed by atoms with E-state index in [-0.39, 0.29) is 17.9 Å². The number of nitrogens with zero attached hydrogens (tertiary/aromatic N) is 3. The molecule has 3 rings (SSSR count). The molecule has 0 aliphatic carbocycles. The van der Waals surface area contributed by atoms with Gasteiger partial charge in [0.15, 0.2) is 17.5 Å². The number of hydrogen-bond donors (Lipinski definition) is 2. The van der Waals surface area contributed by atoms with Gasteiger partial charge < -0.3 is 14.7 Å². The van der Waals surface area contributed by atoms with Crippen molar-refractivity contribution in [3.05, 3.63) is 29.1 Å². The molecule has 0 bridgehead atoms. The molecule has 2 heterocycles. The van der Waals surface area contributed by atoms with E-state index in [4.69, 9.17) is 21.4 Å². The number of halogens is 3. The third-order valence-corrected chi connectivity index (χ3v) is 5.82. The van der Waals surface area contributed by atoms with Crippen molar-refractivity contribution in [2.75, 3.05) is 24.7 Å². The van der Waals surface area contributed by atoms with Crippen molar-refractivity contribution in [3.63, 3.8) is 0 Å². The SMILES string of the molecule is CN(CCCP(=O)(O)O)c1nc(Cl)nc2c1sc1cc(F)c(F)cc12. The lowest BCUT2D eigenvalue weighted by Gasteiger charge is -2.18. The molecule has 0 radical (unpaired) electrons. The summed E-state index contributed by atoms with van der Waals surface area (Å²) in [5, 5.41) is 0.391. The molecule has 0 saturated carbocycles. The first-order valence-electron chi connectivity index (χ1n) is 7.16. The third-order valence-electron chi connectivity index (χ3n) is 3.61. The summed E-state index contributed by atoms with van der Waals surface area (Å²) in [7, 11) is -2.37. The van der Waals surface area contributed by atoms with Crippen LogP contribution in [0.1, 0.15) is 6.42 Å². The highest BCUT2D eigenvalue weighted by Crippen LogP contribution is 2.39. The molecule has 1 aromatic carbocycles. The predicted molar refractivity (Wildman–Crippen MR) is 94.6 cm³/mol. The molecular weight excluding hydrogens is 395 g/mol. The largest absolute Gasteiger partial charge is 0.358 e. The van der Waals surface area contributed by atoms with Crippen LogP contribution in [0.4, 0.5) is 14.6 Å². The van der Waals surface area contributed by atoms with Crippen molar-refractivity contribution in [2.45, 2.75) is 6.42 Å². The van der Waals surface area contributed by atoms with Crippen LogP contribution in [0, 0.1) is 11.6 Å². The summed E-state index contributed by atoms with van der Waals surface area (Å²) in [6, 6.07) is 2.17. The summed E-state index contributed by atoms with van der Waals surface area (Å²) >= 11 is 7.17. The Morgan fingerprint density at radius 3 is 2.64 bits per heavy atom. The Morgan fingerprint density at radius 2 is 1.96 bits per heavy atom. The fourth-order valence-electron chi connectivity index (χ4n) is 2.48. The first-order chi connectivity index (χ1) is 11.7. The van der Waals surface area contributed by atoms with Crippen molar-refractivity contribution in [3.8, 4) is 0 Å². The standard InChI is InChI=1S/C14H13ClF2N3O3PS/c1-20(3-2-4-24(21,22)23)13-12-11(18-14(15)19-13)7-5-8(16)9(17)6-10(7)25-12/h5-6H,2-4H2,1H3,(H2,21,22,23). The maximum Gasteiger partial charge on any atom is 0.325 e. The van der Waals surface area contributed by atoms with E-state index in [0.717, 1.165) is 12.1 Å². The van der Waals surface area contributed by atoms with E-state index in [1.807, 2.05) is 0 Å². The lowest BCUT2D eigenvalue weighted by Crippen LogP contribution is -2.21. The van der Waals surface area contributed by atoms with Crippen LogP contribution in [0.3, 0.4) is 0 Å². The van der Waals surface area contributed by atoms with E-state index in [1.54, 1.807) is 11.9 Å². The first-order valence-corrected chi connectivity index (χ1v) is 10.2. The molecule has 0 unspecified atom stereocenters. The van der Waals surface area contributed by atoms with Gasteiger partial charge in [-0.15, -0.1) is 11.3 Å². The number of benzene rings is 1. The summed E-state index contributed by atoms with van der Waals surface area (Å²) in [5.41, 5.74) is 0.413. The van der Waals surface area contributed by atoms with Crippen LogP contribution in [-0.2, 0) is 4.57 Å². The number of thiophene rings is 1. The van der Waals surface area contributed by atoms with Crippen molar-refractivity contribution >= 4 is 56.7 Å². The quantitative estimate of drug-likeness (QED) is 0.494. The monoisotopic (exact) mass is 407 g/mol. The maximum absolute atomic E-state index is 13.6. The highest BCUT2D eigenvalue weighted by atomic mass is 35.5. The van der Waals surface area contributed by atoms with Crippen LogP contribution < -0.4 is 4.90 Å². The van der Waals surface area contributed by atoms with Crippen LogP contribution in [0.15, 0.2) is 12.1 Å². The minimum Gasteiger partial charge on any atom is -0.358 e. The fraction of sp³-hybridized carbons (Fsp3) is 0.286. The van der Waals surface area contributed by atoms with Gasteiger partial charge in [0, 0.05) is 23.7 Å². The van der Waals surface area contributed by atoms with Crippen molar-refractivity contribution < 1.29 is 23.1 Å². The number of hydrogen-bond acceptors (Lipinski definition) is 5. The molecule has 0 amide bonds. The molecule has 25 heavy (non-hydrogen) atoms. The second kappa shape index (κ2) is 6.74. The summed E-state index contributed by atoms with van der Waals surface area (Å²) < 4.78 is 39.1. The average molecular weight is 408 g/mol. The summed E-state index contributed by atoms with van der Waals surface area (Å²) in [4.78, 5) is 27.9. The van der Waals surface area contributed by atoms with Gasteiger partial charge in [0.1, 0.15) is 0 Å². The molecule has 0 spiro atoms. The van der Waals surface area contributed by atoms with Crippen LogP contribution >= 0.6 is 30.5 Å². The Morgan fingerprint density at radius 1 is 1.28 bits per heavy atom. The Balaban J connectivity index is 2.04. The maximum atomic E-state index is 13.6. The Kier molecular flexibility index (Phi) is 4.96. The zero-order valence-electron chi connectivity index (χ0n) is 12.9. The van der Waals surface area contributed by atoms with Gasteiger partial charge in [0.2, 0.25) is 5.28 Å². The highest BCUT2D eigenvalue weighted by Gasteiger charge is 2.19. The second-order valence-corrected chi connectivity index (χ2v) is 8.69. The number of fused-ring (bicyclic) bond motifs is 3. The minimum absolute atomic E-state index is 0.0474. The van der Waals surface area contributed by atoms with Crippen LogP contribution in [-0.4, -0.2) is 39.5 Å². The Bertz CT molecular complexity index is 1010. The van der Waals surface area contributed by atoms with Gasteiger partial charge in [-0.2, -0.15) is 4.98 Å². The average Bonchev–Trinajstić information content (AvgIpc) is 2.83. The van der Waals surface area contributed by atoms with Crippen molar-refractivity contribution in [2.24, 2.45) is 0 Å². The summed E-state index contributed by atoms with van der Waals surface area (Å²) in [6.07, 6.45) is 0.000180. The smallest absolute Gasteiger partial charge is 0.325 e. The van der Waals surface area contributed by atoms with E-state index in [2.05, 4.69) is 9.97 Å². The zero-order chi connectivity index (χ0) is 18.4. The molecule has 11 heteroatoms. The summed E-state index contributed by atoms with van der Waals surface area (Å²) in [6.45, 7) is 0.324. The number of anilines is 1. The topological polar surface area (TPSA) is 86.6 Å². The molecular formula is C14H13ClF2N3O3PS. The van der Waals surface area contributed by atoms with Crippen LogP contribution in [0.25, 0.3) is 20.3 Å². The first kappa shape index (κ1) is 18.4. The molecule has 6 nitrogen and oxygen atoms in total. The molecule has 0 atom stereocenters. The molecule has 3 aromatic rings. The Labute approximate surface area is 150 Å². The number of aromatic nitrogens is 2. The lowest BCUT2D eigenvalue weighted by atomic mass is 10.2. The van der Waals surface area contributed by atoms with Crippen molar-refractivity contribution in [1.82, 2.24) is 9.97 Å². The molecule has 0 saturated heterocycles. The lowest BCUT2D eigenvalue weighted by molar-refractivity contribution is 0.372. The number of rotatable bonds is 5. The van der Waals surface area contributed by atoms with Crippen LogP contribution in [0.5, 0.6) is 0 Å². The second-order valence-electron chi connectivity index (χ2n) is 5.52. The normalized spacial score (nSPS) is 12.2. The zero-order valence-corrected chi connectivity index (χ0v) is 15.4. The molecule has 0 aliphatic rings. The highest BCUT2D eigenvalue weighted by molar-refractivity contribution is 7.51. The van der Waals surface area contributed by atoms with Crippen LogP contribution in [0.2, 0.25) is 5.28 Å². The van der Waals surface area contributed by atoms with Gasteiger partial charge in [0.25, 0.3) is 0 Å². The van der Waals surface area contributed by atoms with Gasteiger partial charge in [-0.1, -0.05) is 0 Å². The molecule has 2 N–H and O–H groups in total. The predicted octanol–water partition coefficient (Wildman–Crippen LogP) is 3.78. The van der Waals surface area contributed by atoms with Gasteiger partial charge in [0.05, 0.1) is 16.4 Å². The molecule has 2 aromatic heterocycles. The van der Waals surface area contributed by atoms with E-state index < -0.39 is 19.2 Å². The summed E-state index contributed by atoms with van der Waals surface area (Å²) in [5.74, 6) is -1.48.